The lowest BCUT2D eigenvalue weighted by atomic mass is 10.1. The fourth-order valence-corrected chi connectivity index (χ4v) is 2.61. The number of aliphatic hydroxyl groups is 1. The molecule has 10 heteroatoms. The van der Waals surface area contributed by atoms with Gasteiger partial charge in [-0.2, -0.15) is 10.4 Å². The molecule has 3 aromatic rings. The Kier molecular flexibility index (Phi) is 6.23. The van der Waals surface area contributed by atoms with E-state index in [1.165, 1.54) is 12.4 Å². The van der Waals surface area contributed by atoms with E-state index in [-0.39, 0.29) is 18.8 Å². The summed E-state index contributed by atoms with van der Waals surface area (Å²) in [6.07, 6.45) is 2.04. The largest absolute Gasteiger partial charge is 0.496 e. The summed E-state index contributed by atoms with van der Waals surface area (Å²) in [6.45, 7) is 2.07. The van der Waals surface area contributed by atoms with Crippen molar-refractivity contribution in [3.63, 3.8) is 0 Å². The van der Waals surface area contributed by atoms with Crippen LogP contribution in [0.5, 0.6) is 11.5 Å². The molecule has 0 aliphatic carbocycles. The molecule has 0 saturated heterocycles. The van der Waals surface area contributed by atoms with Crippen molar-refractivity contribution in [2.75, 3.05) is 25.6 Å². The highest BCUT2D eigenvalue weighted by Gasteiger charge is 2.18. The van der Waals surface area contributed by atoms with Gasteiger partial charge in [-0.3, -0.25) is 5.10 Å². The number of nitrogens with one attached hydrogen (secondary N) is 2. The molecule has 0 bridgehead atoms. The van der Waals surface area contributed by atoms with E-state index >= 15 is 0 Å². The van der Waals surface area contributed by atoms with E-state index in [0.717, 1.165) is 5.56 Å². The van der Waals surface area contributed by atoms with Gasteiger partial charge in [0.05, 0.1) is 30.8 Å². The molecule has 10 nitrogen and oxygen atoms in total. The number of hydrogen-bond donors (Lipinski definition) is 4. The first-order valence-electron chi connectivity index (χ1n) is 8.78. The topological polar surface area (TPSA) is 155 Å². The second kappa shape index (κ2) is 9.01. The molecule has 2 heterocycles. The van der Waals surface area contributed by atoms with Crippen LogP contribution in [0.1, 0.15) is 11.3 Å². The highest BCUT2D eigenvalue weighted by atomic mass is 16.5. The van der Waals surface area contributed by atoms with Crippen molar-refractivity contribution in [1.82, 2.24) is 20.2 Å². The standard InChI is InChI=1S/C19H21N7O3/c1-11-3-15(28-2)19(16(4-11)29-10-13(27)7-21)14-5-17(26-25-14)24-18-9-22-12(6-20)8-23-18/h3-5,8-9,13,27H,7,10,21H2,1-2H3,(H2,23,24,25,26). The van der Waals surface area contributed by atoms with Gasteiger partial charge in [0.25, 0.3) is 0 Å². The van der Waals surface area contributed by atoms with Gasteiger partial charge in [0, 0.05) is 12.6 Å². The van der Waals surface area contributed by atoms with Crippen LogP contribution in [0, 0.1) is 18.3 Å². The zero-order valence-corrected chi connectivity index (χ0v) is 16.0. The molecule has 5 N–H and O–H groups in total. The number of benzene rings is 1. The van der Waals surface area contributed by atoms with Crippen molar-refractivity contribution in [1.29, 1.82) is 5.26 Å². The number of rotatable bonds is 8. The molecule has 3 rings (SSSR count). The molecular weight excluding hydrogens is 374 g/mol. The number of hydrogen-bond acceptors (Lipinski definition) is 9. The van der Waals surface area contributed by atoms with Crippen molar-refractivity contribution in [2.45, 2.75) is 13.0 Å². The third-order valence-electron chi connectivity index (χ3n) is 4.00. The lowest BCUT2D eigenvalue weighted by Crippen LogP contribution is -2.26. The molecular formula is C19H21N7O3. The number of nitrogens with two attached hydrogens (primary N) is 1. The van der Waals surface area contributed by atoms with E-state index in [0.29, 0.717) is 34.4 Å². The van der Waals surface area contributed by atoms with Gasteiger partial charge < -0.3 is 25.6 Å². The first-order chi connectivity index (χ1) is 14.0. The molecule has 0 fully saturated rings. The molecule has 150 valence electrons. The summed E-state index contributed by atoms with van der Waals surface area (Å²) in [5.41, 5.74) is 7.93. The molecule has 0 aliphatic heterocycles. The Hall–Kier alpha value is -3.68. The summed E-state index contributed by atoms with van der Waals surface area (Å²) in [5.74, 6) is 2.06. The van der Waals surface area contributed by atoms with Crippen LogP contribution in [-0.2, 0) is 0 Å². The predicted molar refractivity (Wildman–Crippen MR) is 106 cm³/mol. The molecule has 0 radical (unpaired) electrons. The van der Waals surface area contributed by atoms with E-state index in [9.17, 15) is 5.11 Å². The number of ether oxygens (including phenoxy) is 2. The minimum absolute atomic E-state index is 0.0518. The Labute approximate surface area is 167 Å². The van der Waals surface area contributed by atoms with Crippen molar-refractivity contribution < 1.29 is 14.6 Å². The number of nitrogens with zero attached hydrogens (tertiary/aromatic N) is 4. The summed E-state index contributed by atoms with van der Waals surface area (Å²) in [6, 6.07) is 7.40. The van der Waals surface area contributed by atoms with Crippen molar-refractivity contribution in [3.05, 3.63) is 41.9 Å². The lowest BCUT2D eigenvalue weighted by Gasteiger charge is -2.16. The smallest absolute Gasteiger partial charge is 0.158 e. The highest BCUT2D eigenvalue weighted by molar-refractivity contribution is 5.77. The Morgan fingerprint density at radius 1 is 1.24 bits per heavy atom. The summed E-state index contributed by atoms with van der Waals surface area (Å²) in [5, 5.41) is 28.7. The number of nitriles is 1. The number of aryl methyl sites for hydroxylation is 1. The number of aliphatic hydroxyl groups excluding tert-OH is 1. The van der Waals surface area contributed by atoms with Crippen LogP contribution in [0.2, 0.25) is 0 Å². The first kappa shape index (κ1) is 20.1. The quantitative estimate of drug-likeness (QED) is 0.444. The van der Waals surface area contributed by atoms with E-state index in [1.54, 1.807) is 13.2 Å². The van der Waals surface area contributed by atoms with Gasteiger partial charge in [-0.05, 0) is 24.6 Å². The van der Waals surface area contributed by atoms with E-state index in [2.05, 4.69) is 25.5 Å². The highest BCUT2D eigenvalue weighted by Crippen LogP contribution is 2.39. The lowest BCUT2D eigenvalue weighted by molar-refractivity contribution is 0.114. The normalized spacial score (nSPS) is 11.6. The molecule has 0 spiro atoms. The monoisotopic (exact) mass is 395 g/mol. The second-order valence-corrected chi connectivity index (χ2v) is 6.23. The maximum absolute atomic E-state index is 9.74. The van der Waals surface area contributed by atoms with Gasteiger partial charge >= 0.3 is 0 Å². The van der Waals surface area contributed by atoms with Gasteiger partial charge in [-0.1, -0.05) is 0 Å². The molecule has 1 atom stereocenters. The van der Waals surface area contributed by atoms with Crippen LogP contribution in [0.4, 0.5) is 11.6 Å². The number of methoxy groups -OCH3 is 1. The molecule has 29 heavy (non-hydrogen) atoms. The van der Waals surface area contributed by atoms with E-state index in [4.69, 9.17) is 20.5 Å². The Balaban J connectivity index is 1.90. The van der Waals surface area contributed by atoms with Crippen LogP contribution < -0.4 is 20.5 Å². The van der Waals surface area contributed by atoms with Gasteiger partial charge in [0.2, 0.25) is 0 Å². The summed E-state index contributed by atoms with van der Waals surface area (Å²) >= 11 is 0. The number of H-pyrrole nitrogens is 1. The number of aromatic amines is 1. The Morgan fingerprint density at radius 2 is 2.03 bits per heavy atom. The predicted octanol–water partition coefficient (Wildman–Crippen LogP) is 1.50. The maximum atomic E-state index is 9.74. The van der Waals surface area contributed by atoms with Gasteiger partial charge in [0.1, 0.15) is 36.1 Å². The number of aromatic nitrogens is 4. The fraction of sp³-hybridized carbons (Fsp3) is 0.263. The Bertz CT molecular complexity index is 1010. The third kappa shape index (κ3) is 4.78. The second-order valence-electron chi connectivity index (χ2n) is 6.23. The first-order valence-corrected chi connectivity index (χ1v) is 8.78. The zero-order valence-electron chi connectivity index (χ0n) is 16.0. The van der Waals surface area contributed by atoms with Crippen LogP contribution in [0.25, 0.3) is 11.3 Å². The summed E-state index contributed by atoms with van der Waals surface area (Å²) in [7, 11) is 1.57. The van der Waals surface area contributed by atoms with Gasteiger partial charge in [0.15, 0.2) is 11.5 Å². The van der Waals surface area contributed by atoms with Crippen LogP contribution >= 0.6 is 0 Å². The fourth-order valence-electron chi connectivity index (χ4n) is 2.61. The average Bonchev–Trinajstić information content (AvgIpc) is 3.19. The molecule has 1 unspecified atom stereocenters. The minimum Gasteiger partial charge on any atom is -0.496 e. The van der Waals surface area contributed by atoms with Gasteiger partial charge in [-0.25, -0.2) is 9.97 Å². The molecule has 1 aromatic carbocycles. The minimum atomic E-state index is -0.775. The van der Waals surface area contributed by atoms with Crippen LogP contribution in [0.15, 0.2) is 30.6 Å². The van der Waals surface area contributed by atoms with Crippen molar-refractivity contribution in [2.24, 2.45) is 5.73 Å². The summed E-state index contributed by atoms with van der Waals surface area (Å²) in [4.78, 5) is 8.07. The summed E-state index contributed by atoms with van der Waals surface area (Å²) < 4.78 is 11.3. The SMILES string of the molecule is COc1cc(C)cc(OCC(O)CN)c1-c1cc(Nc2cnc(C#N)cn2)n[nH]1. The van der Waals surface area contributed by atoms with Crippen molar-refractivity contribution >= 4 is 11.6 Å². The maximum Gasteiger partial charge on any atom is 0.158 e. The number of anilines is 2. The molecule has 0 aliphatic rings. The van der Waals surface area contributed by atoms with E-state index in [1.807, 2.05) is 25.1 Å². The molecule has 0 saturated carbocycles. The zero-order chi connectivity index (χ0) is 20.8. The van der Waals surface area contributed by atoms with E-state index < -0.39 is 6.10 Å². The average molecular weight is 395 g/mol. The third-order valence-corrected chi connectivity index (χ3v) is 4.00. The molecule has 0 amide bonds. The van der Waals surface area contributed by atoms with Crippen LogP contribution in [0.3, 0.4) is 0 Å². The Morgan fingerprint density at radius 3 is 2.69 bits per heavy atom. The van der Waals surface area contributed by atoms with Crippen LogP contribution in [-0.4, -0.2) is 51.6 Å². The molecule has 2 aromatic heterocycles. The van der Waals surface area contributed by atoms with Crippen molar-refractivity contribution in [3.8, 4) is 28.8 Å². The van der Waals surface area contributed by atoms with Gasteiger partial charge in [-0.15, -0.1) is 0 Å².